The van der Waals surface area contributed by atoms with Crippen LogP contribution in [0.3, 0.4) is 0 Å². The van der Waals surface area contributed by atoms with Crippen molar-refractivity contribution in [3.8, 4) is 0 Å². The fraction of sp³-hybridized carbons (Fsp3) is 0.125. The Morgan fingerprint density at radius 3 is 2.44 bits per heavy atom. The van der Waals surface area contributed by atoms with Crippen LogP contribution < -0.4 is 21.5 Å². The summed E-state index contributed by atoms with van der Waals surface area (Å²) in [5.41, 5.74) is 8.11. The number of benzene rings is 3. The Morgan fingerprint density at radius 2 is 1.69 bits per heavy atom. The summed E-state index contributed by atoms with van der Waals surface area (Å²) in [4.78, 5) is 39.2. The van der Waals surface area contributed by atoms with Crippen LogP contribution in [0.1, 0.15) is 21.5 Å². The fourth-order valence-electron chi connectivity index (χ4n) is 3.69. The van der Waals surface area contributed by atoms with Crippen molar-refractivity contribution in [3.05, 3.63) is 95.6 Å². The standard InChI is InChI=1S/C24H22N4O4/c25-22(29)18-10-6-11-19(13-18)28(26)23(30)21-14-17-9-4-5-12-20(17)27(21)24(31)32-15-16-7-2-1-3-8-16/h1-13,21H,14-15,26H2,(H2,25,29). The predicted molar refractivity (Wildman–Crippen MR) is 120 cm³/mol. The van der Waals surface area contributed by atoms with Crippen molar-refractivity contribution < 1.29 is 19.1 Å². The minimum Gasteiger partial charge on any atom is -0.444 e. The summed E-state index contributed by atoms with van der Waals surface area (Å²) in [6, 6.07) is 21.8. The van der Waals surface area contributed by atoms with Gasteiger partial charge in [0.25, 0.3) is 5.91 Å². The molecule has 1 atom stereocenters. The highest BCUT2D eigenvalue weighted by Crippen LogP contribution is 2.34. The number of rotatable bonds is 5. The zero-order valence-corrected chi connectivity index (χ0v) is 17.2. The average Bonchev–Trinajstić information content (AvgIpc) is 3.22. The summed E-state index contributed by atoms with van der Waals surface area (Å²) >= 11 is 0. The maximum absolute atomic E-state index is 13.3. The lowest BCUT2D eigenvalue weighted by Gasteiger charge is -2.27. The molecule has 3 aromatic rings. The number of anilines is 2. The number of hydrogen-bond donors (Lipinski definition) is 2. The van der Waals surface area contributed by atoms with Crippen LogP contribution >= 0.6 is 0 Å². The van der Waals surface area contributed by atoms with Crippen LogP contribution in [0, 0.1) is 0 Å². The highest BCUT2D eigenvalue weighted by atomic mass is 16.6. The van der Waals surface area contributed by atoms with Gasteiger partial charge in [0.15, 0.2) is 0 Å². The molecule has 1 aliphatic rings. The fourth-order valence-corrected chi connectivity index (χ4v) is 3.69. The quantitative estimate of drug-likeness (QED) is 0.366. The van der Waals surface area contributed by atoms with E-state index in [1.807, 2.05) is 42.5 Å². The number of para-hydroxylation sites is 1. The van der Waals surface area contributed by atoms with Gasteiger partial charge in [-0.05, 0) is 35.4 Å². The number of amides is 3. The van der Waals surface area contributed by atoms with Crippen molar-refractivity contribution in [2.45, 2.75) is 19.1 Å². The van der Waals surface area contributed by atoms with Crippen LogP contribution in [-0.4, -0.2) is 23.9 Å². The first-order chi connectivity index (χ1) is 15.5. The van der Waals surface area contributed by atoms with E-state index in [0.717, 1.165) is 16.1 Å². The molecule has 0 aromatic heterocycles. The van der Waals surface area contributed by atoms with Gasteiger partial charge in [0, 0.05) is 12.0 Å². The van der Waals surface area contributed by atoms with Crippen molar-refractivity contribution in [1.29, 1.82) is 0 Å². The normalized spacial score (nSPS) is 14.5. The molecule has 3 amide bonds. The second-order valence-corrected chi connectivity index (χ2v) is 7.38. The number of fused-ring (bicyclic) bond motifs is 1. The maximum Gasteiger partial charge on any atom is 0.415 e. The Labute approximate surface area is 184 Å². The van der Waals surface area contributed by atoms with Crippen molar-refractivity contribution in [1.82, 2.24) is 0 Å². The maximum atomic E-state index is 13.3. The zero-order chi connectivity index (χ0) is 22.7. The van der Waals surface area contributed by atoms with E-state index in [0.29, 0.717) is 17.8 Å². The Bertz CT molecular complexity index is 1170. The van der Waals surface area contributed by atoms with E-state index in [1.165, 1.54) is 17.0 Å². The Hall–Kier alpha value is -4.17. The second-order valence-electron chi connectivity index (χ2n) is 7.38. The van der Waals surface area contributed by atoms with Gasteiger partial charge in [-0.15, -0.1) is 0 Å². The van der Waals surface area contributed by atoms with Crippen LogP contribution in [0.25, 0.3) is 0 Å². The molecule has 162 valence electrons. The smallest absolute Gasteiger partial charge is 0.415 e. The lowest BCUT2D eigenvalue weighted by Crippen LogP contribution is -2.52. The van der Waals surface area contributed by atoms with Crippen LogP contribution in [0.2, 0.25) is 0 Å². The summed E-state index contributed by atoms with van der Waals surface area (Å²) in [5.74, 6) is 4.96. The van der Waals surface area contributed by atoms with Crippen LogP contribution in [0.4, 0.5) is 16.2 Å². The van der Waals surface area contributed by atoms with E-state index in [2.05, 4.69) is 0 Å². The van der Waals surface area contributed by atoms with Crippen molar-refractivity contribution in [2.24, 2.45) is 11.6 Å². The minimum absolute atomic E-state index is 0.0756. The number of primary amides is 1. The summed E-state index contributed by atoms with van der Waals surface area (Å²) in [7, 11) is 0. The highest BCUT2D eigenvalue weighted by Gasteiger charge is 2.41. The molecule has 4 rings (SSSR count). The molecule has 0 bridgehead atoms. The van der Waals surface area contributed by atoms with E-state index in [9.17, 15) is 14.4 Å². The molecule has 1 unspecified atom stereocenters. The van der Waals surface area contributed by atoms with Gasteiger partial charge in [-0.1, -0.05) is 54.6 Å². The van der Waals surface area contributed by atoms with E-state index < -0.39 is 23.9 Å². The third kappa shape index (κ3) is 4.17. The summed E-state index contributed by atoms with van der Waals surface area (Å²) in [6.07, 6.45) is -0.352. The van der Waals surface area contributed by atoms with Gasteiger partial charge >= 0.3 is 6.09 Å². The molecule has 0 saturated carbocycles. The zero-order valence-electron chi connectivity index (χ0n) is 17.2. The van der Waals surface area contributed by atoms with Gasteiger partial charge < -0.3 is 10.5 Å². The SMILES string of the molecule is NC(=O)c1cccc(N(N)C(=O)C2Cc3ccccc3N2C(=O)OCc2ccccc2)c1. The highest BCUT2D eigenvalue weighted by molar-refractivity contribution is 6.06. The first-order valence-electron chi connectivity index (χ1n) is 10.0. The molecule has 0 fully saturated rings. The second kappa shape index (κ2) is 8.91. The molecule has 0 aliphatic carbocycles. The number of nitrogens with zero attached hydrogens (tertiary/aromatic N) is 2. The molecule has 1 aliphatic heterocycles. The summed E-state index contributed by atoms with van der Waals surface area (Å²) in [5, 5.41) is 0.931. The van der Waals surface area contributed by atoms with E-state index in [4.69, 9.17) is 16.3 Å². The number of ether oxygens (including phenoxy) is 1. The molecular formula is C24H22N4O4. The first-order valence-corrected chi connectivity index (χ1v) is 10.0. The Kier molecular flexibility index (Phi) is 5.87. The molecule has 8 nitrogen and oxygen atoms in total. The molecule has 0 spiro atoms. The Balaban J connectivity index is 1.58. The molecular weight excluding hydrogens is 408 g/mol. The minimum atomic E-state index is -0.891. The lowest BCUT2D eigenvalue weighted by atomic mass is 10.1. The monoisotopic (exact) mass is 430 g/mol. The van der Waals surface area contributed by atoms with Gasteiger partial charge in [-0.25, -0.2) is 15.6 Å². The largest absolute Gasteiger partial charge is 0.444 e. The first kappa shape index (κ1) is 21.1. The number of hydrazine groups is 1. The number of nitrogens with two attached hydrogens (primary N) is 2. The van der Waals surface area contributed by atoms with Crippen molar-refractivity contribution in [3.63, 3.8) is 0 Å². The molecule has 8 heteroatoms. The third-order valence-corrected chi connectivity index (χ3v) is 5.31. The average molecular weight is 430 g/mol. The number of hydrogen-bond acceptors (Lipinski definition) is 5. The van der Waals surface area contributed by atoms with Gasteiger partial charge in [0.2, 0.25) is 5.91 Å². The molecule has 0 saturated heterocycles. The van der Waals surface area contributed by atoms with E-state index in [1.54, 1.807) is 24.3 Å². The van der Waals surface area contributed by atoms with Crippen LogP contribution in [-0.2, 0) is 22.6 Å². The van der Waals surface area contributed by atoms with Crippen molar-refractivity contribution >= 4 is 29.3 Å². The van der Waals surface area contributed by atoms with E-state index >= 15 is 0 Å². The number of carbonyl (C=O) groups is 3. The Morgan fingerprint density at radius 1 is 0.969 bits per heavy atom. The summed E-state index contributed by atoms with van der Waals surface area (Å²) in [6.45, 7) is 0.0756. The van der Waals surface area contributed by atoms with Crippen molar-refractivity contribution in [2.75, 3.05) is 9.91 Å². The lowest BCUT2D eigenvalue weighted by molar-refractivity contribution is -0.119. The van der Waals surface area contributed by atoms with Gasteiger partial charge in [-0.3, -0.25) is 14.5 Å². The van der Waals surface area contributed by atoms with Crippen LogP contribution in [0.15, 0.2) is 78.9 Å². The molecule has 1 heterocycles. The molecule has 4 N–H and O–H groups in total. The molecule has 32 heavy (non-hydrogen) atoms. The van der Waals surface area contributed by atoms with Gasteiger partial charge in [0.1, 0.15) is 12.6 Å². The number of carbonyl (C=O) groups excluding carboxylic acids is 3. The van der Waals surface area contributed by atoms with Crippen LogP contribution in [0.5, 0.6) is 0 Å². The third-order valence-electron chi connectivity index (χ3n) is 5.31. The van der Waals surface area contributed by atoms with Gasteiger partial charge in [-0.2, -0.15) is 0 Å². The van der Waals surface area contributed by atoms with E-state index in [-0.39, 0.29) is 12.2 Å². The van der Waals surface area contributed by atoms with Gasteiger partial charge in [0.05, 0.1) is 11.4 Å². The topological polar surface area (TPSA) is 119 Å². The molecule has 3 aromatic carbocycles. The summed E-state index contributed by atoms with van der Waals surface area (Å²) < 4.78 is 5.50. The predicted octanol–water partition coefficient (Wildman–Crippen LogP) is 2.76. The molecule has 0 radical (unpaired) electrons.